The molecule has 1 aliphatic heterocycles. The fourth-order valence-electron chi connectivity index (χ4n) is 3.00. The zero-order chi connectivity index (χ0) is 17.1. The predicted octanol–water partition coefficient (Wildman–Crippen LogP) is 3.51. The Balaban J connectivity index is 1.66. The van der Waals surface area contributed by atoms with E-state index >= 15 is 0 Å². The first-order valence-electron chi connectivity index (χ1n) is 8.03. The fourth-order valence-corrected chi connectivity index (χ4v) is 3.00. The van der Waals surface area contributed by atoms with Crippen LogP contribution in [0.4, 0.5) is 19.3 Å². The van der Waals surface area contributed by atoms with E-state index in [4.69, 9.17) is 4.74 Å². The summed E-state index contributed by atoms with van der Waals surface area (Å²) in [6, 6.07) is 4.33. The Kier molecular flexibility index (Phi) is 4.94. The van der Waals surface area contributed by atoms with Gasteiger partial charge in [-0.2, -0.15) is 13.9 Å². The lowest BCUT2D eigenvalue weighted by atomic mass is 10.1. The molecule has 2 aromatic rings. The zero-order valence-electron chi connectivity index (χ0n) is 13.3. The zero-order valence-corrected chi connectivity index (χ0v) is 13.3. The van der Waals surface area contributed by atoms with Crippen LogP contribution in [-0.4, -0.2) is 34.6 Å². The number of hydrogen-bond donors (Lipinski definition) is 2. The van der Waals surface area contributed by atoms with Crippen molar-refractivity contribution in [2.24, 2.45) is 0 Å². The van der Waals surface area contributed by atoms with Crippen molar-refractivity contribution in [1.29, 1.82) is 0 Å². The van der Waals surface area contributed by atoms with Gasteiger partial charge in [0, 0.05) is 17.7 Å². The van der Waals surface area contributed by atoms with Gasteiger partial charge in [0.1, 0.15) is 0 Å². The van der Waals surface area contributed by atoms with Gasteiger partial charge in [-0.15, -0.1) is 0 Å². The van der Waals surface area contributed by atoms with Gasteiger partial charge >= 0.3 is 12.6 Å². The summed E-state index contributed by atoms with van der Waals surface area (Å²) in [6.07, 6.45) is 4.13. The van der Waals surface area contributed by atoms with Gasteiger partial charge in [0.2, 0.25) is 0 Å². The fraction of sp³-hybridized carbons (Fsp3) is 0.500. The number of nitrogens with zero attached hydrogens (tertiary/aromatic N) is 2. The molecule has 0 saturated carbocycles. The van der Waals surface area contributed by atoms with Gasteiger partial charge in [-0.1, -0.05) is 6.92 Å². The van der Waals surface area contributed by atoms with Crippen LogP contribution in [0, 0.1) is 0 Å². The van der Waals surface area contributed by atoms with Crippen molar-refractivity contribution >= 4 is 22.6 Å². The van der Waals surface area contributed by atoms with Gasteiger partial charge in [0.15, 0.2) is 0 Å². The number of benzene rings is 1. The molecule has 0 spiro atoms. The summed E-state index contributed by atoms with van der Waals surface area (Å²) in [5, 5.41) is 9.84. The summed E-state index contributed by atoms with van der Waals surface area (Å²) >= 11 is 0. The van der Waals surface area contributed by atoms with E-state index < -0.39 is 6.55 Å². The van der Waals surface area contributed by atoms with Gasteiger partial charge in [0.05, 0.1) is 23.9 Å². The predicted molar refractivity (Wildman–Crippen MR) is 86.2 cm³/mol. The van der Waals surface area contributed by atoms with E-state index in [0.717, 1.165) is 25.9 Å². The number of ether oxygens (including phenoxy) is 1. The van der Waals surface area contributed by atoms with Crippen molar-refractivity contribution in [3.63, 3.8) is 0 Å². The summed E-state index contributed by atoms with van der Waals surface area (Å²) in [5.41, 5.74) is 0.845. The van der Waals surface area contributed by atoms with Crippen molar-refractivity contribution in [2.45, 2.75) is 44.9 Å². The standard InChI is InChI=1S/C16H20F2N4O2/c1-2-12(14-4-3-7-24-14)21-16(23)20-11-5-6-13-10(8-11)9-19-22(13)15(17)18/h5-6,8-9,12,14-15H,2-4,7H2,1H3,(H2,20,21,23)/t12-,14-/m0/s1. The summed E-state index contributed by atoms with van der Waals surface area (Å²) in [7, 11) is 0. The number of carbonyl (C=O) groups excluding carboxylic acids is 1. The smallest absolute Gasteiger partial charge is 0.333 e. The average molecular weight is 338 g/mol. The molecule has 1 fully saturated rings. The molecule has 8 heteroatoms. The van der Waals surface area contributed by atoms with E-state index in [0.29, 0.717) is 21.3 Å². The maximum Gasteiger partial charge on any atom is 0.333 e. The first kappa shape index (κ1) is 16.6. The minimum Gasteiger partial charge on any atom is -0.376 e. The lowest BCUT2D eigenvalue weighted by molar-refractivity contribution is 0.0615. The monoisotopic (exact) mass is 338 g/mol. The molecule has 1 aliphatic rings. The molecule has 0 radical (unpaired) electrons. The molecule has 0 unspecified atom stereocenters. The number of nitrogens with one attached hydrogen (secondary N) is 2. The number of alkyl halides is 2. The number of amides is 2. The third kappa shape index (κ3) is 3.48. The quantitative estimate of drug-likeness (QED) is 0.876. The van der Waals surface area contributed by atoms with Crippen molar-refractivity contribution in [3.05, 3.63) is 24.4 Å². The van der Waals surface area contributed by atoms with Gasteiger partial charge < -0.3 is 15.4 Å². The lowest BCUT2D eigenvalue weighted by Gasteiger charge is -2.23. The van der Waals surface area contributed by atoms with Gasteiger partial charge in [-0.25, -0.2) is 9.48 Å². The number of halogens is 2. The summed E-state index contributed by atoms with van der Waals surface area (Å²) in [5.74, 6) is 0. The molecule has 0 aliphatic carbocycles. The molecule has 2 atom stereocenters. The topological polar surface area (TPSA) is 68.2 Å². The molecule has 24 heavy (non-hydrogen) atoms. The van der Waals surface area contributed by atoms with E-state index in [9.17, 15) is 13.6 Å². The van der Waals surface area contributed by atoms with E-state index in [-0.39, 0.29) is 18.2 Å². The van der Waals surface area contributed by atoms with Crippen LogP contribution in [0.15, 0.2) is 24.4 Å². The minimum absolute atomic E-state index is 0.0437. The lowest BCUT2D eigenvalue weighted by Crippen LogP contribution is -2.44. The summed E-state index contributed by atoms with van der Waals surface area (Å²) in [4.78, 5) is 12.2. The second kappa shape index (κ2) is 7.12. The van der Waals surface area contributed by atoms with Gasteiger partial charge in [-0.3, -0.25) is 0 Å². The Hall–Kier alpha value is -2.22. The van der Waals surface area contributed by atoms with E-state index in [1.165, 1.54) is 12.3 Å². The number of hydrogen-bond acceptors (Lipinski definition) is 3. The van der Waals surface area contributed by atoms with Crippen molar-refractivity contribution in [1.82, 2.24) is 15.1 Å². The Morgan fingerprint density at radius 1 is 1.50 bits per heavy atom. The minimum atomic E-state index is -2.69. The largest absolute Gasteiger partial charge is 0.376 e. The normalized spacial score (nSPS) is 18.9. The molecular formula is C16H20F2N4O2. The summed E-state index contributed by atoms with van der Waals surface area (Å²) in [6.45, 7) is 0.0356. The Morgan fingerprint density at radius 3 is 3.00 bits per heavy atom. The highest BCUT2D eigenvalue weighted by Crippen LogP contribution is 2.23. The van der Waals surface area contributed by atoms with Crippen molar-refractivity contribution < 1.29 is 18.3 Å². The Labute approximate surface area is 138 Å². The maximum atomic E-state index is 12.8. The molecule has 1 aromatic heterocycles. The van der Waals surface area contributed by atoms with Crippen LogP contribution in [-0.2, 0) is 4.74 Å². The second-order valence-electron chi connectivity index (χ2n) is 5.81. The van der Waals surface area contributed by atoms with Gasteiger partial charge in [-0.05, 0) is 37.5 Å². The molecule has 2 N–H and O–H groups in total. The van der Waals surface area contributed by atoms with E-state index in [1.54, 1.807) is 12.1 Å². The SMILES string of the molecule is CC[C@H](NC(=O)Nc1ccc2c(cnn2C(F)F)c1)[C@@H]1CCCO1. The van der Waals surface area contributed by atoms with Crippen LogP contribution in [0.25, 0.3) is 10.9 Å². The molecule has 2 heterocycles. The van der Waals surface area contributed by atoms with E-state index in [1.807, 2.05) is 6.92 Å². The molecule has 6 nitrogen and oxygen atoms in total. The van der Waals surface area contributed by atoms with Crippen LogP contribution in [0.5, 0.6) is 0 Å². The molecule has 130 valence electrons. The summed E-state index contributed by atoms with van der Waals surface area (Å²) < 4.78 is 31.8. The Bertz CT molecular complexity index is 713. The highest BCUT2D eigenvalue weighted by molar-refractivity contribution is 5.92. The van der Waals surface area contributed by atoms with Gasteiger partial charge in [0.25, 0.3) is 0 Å². The number of aromatic nitrogens is 2. The van der Waals surface area contributed by atoms with Crippen molar-refractivity contribution in [2.75, 3.05) is 11.9 Å². The van der Waals surface area contributed by atoms with E-state index in [2.05, 4.69) is 15.7 Å². The third-order valence-corrected chi connectivity index (χ3v) is 4.21. The first-order chi connectivity index (χ1) is 11.6. The van der Waals surface area contributed by atoms with Crippen molar-refractivity contribution in [3.8, 4) is 0 Å². The second-order valence-corrected chi connectivity index (χ2v) is 5.81. The molecule has 0 bridgehead atoms. The number of carbonyl (C=O) groups is 1. The Morgan fingerprint density at radius 2 is 2.33 bits per heavy atom. The molecule has 3 rings (SSSR count). The number of rotatable bonds is 5. The molecule has 1 aromatic carbocycles. The first-order valence-corrected chi connectivity index (χ1v) is 8.03. The van der Waals surface area contributed by atoms with Crippen LogP contribution < -0.4 is 10.6 Å². The molecular weight excluding hydrogens is 318 g/mol. The van der Waals surface area contributed by atoms with Crippen LogP contribution in [0.1, 0.15) is 32.7 Å². The molecule has 2 amide bonds. The number of urea groups is 1. The van der Waals surface area contributed by atoms with Crippen LogP contribution in [0.3, 0.4) is 0 Å². The number of anilines is 1. The third-order valence-electron chi connectivity index (χ3n) is 4.21. The maximum absolute atomic E-state index is 12.8. The molecule has 1 saturated heterocycles. The average Bonchev–Trinajstić information content (AvgIpc) is 3.21. The van der Waals surface area contributed by atoms with Crippen LogP contribution in [0.2, 0.25) is 0 Å². The van der Waals surface area contributed by atoms with Crippen LogP contribution >= 0.6 is 0 Å². The highest BCUT2D eigenvalue weighted by atomic mass is 19.3. The number of fused-ring (bicyclic) bond motifs is 1. The highest BCUT2D eigenvalue weighted by Gasteiger charge is 2.25.